The molecule has 27 heavy (non-hydrogen) atoms. The Balaban J connectivity index is 0.00000364. The first-order chi connectivity index (χ1) is 12.6. The summed E-state index contributed by atoms with van der Waals surface area (Å²) in [4.78, 5) is 26.8. The van der Waals surface area contributed by atoms with Gasteiger partial charge in [-0.25, -0.2) is 0 Å². The fourth-order valence-electron chi connectivity index (χ4n) is 3.08. The van der Waals surface area contributed by atoms with Crippen molar-refractivity contribution >= 4 is 35.8 Å². The Kier molecular flexibility index (Phi) is 10.5. The summed E-state index contributed by atoms with van der Waals surface area (Å²) >= 11 is 6.02. The number of halogens is 2. The van der Waals surface area contributed by atoms with Gasteiger partial charge in [0.05, 0.1) is 12.7 Å². The number of rotatable bonds is 8. The number of hydrogen-bond acceptors (Lipinski definition) is 4. The molecule has 0 atom stereocenters. The highest BCUT2D eigenvalue weighted by Gasteiger charge is 2.28. The number of hydrogen-bond donors (Lipinski definition) is 2. The third-order valence-electron chi connectivity index (χ3n) is 4.57. The van der Waals surface area contributed by atoms with Crippen LogP contribution in [-0.2, 0) is 4.79 Å². The molecule has 0 radical (unpaired) electrons. The molecule has 0 spiro atoms. The first-order valence-electron chi connectivity index (χ1n) is 9.18. The molecule has 1 aliphatic heterocycles. The van der Waals surface area contributed by atoms with E-state index in [1.54, 1.807) is 23.1 Å². The van der Waals surface area contributed by atoms with Gasteiger partial charge >= 0.3 is 0 Å². The number of likely N-dealkylation sites (tertiary alicyclic amines) is 1. The van der Waals surface area contributed by atoms with E-state index >= 15 is 0 Å². The van der Waals surface area contributed by atoms with Gasteiger partial charge in [0.1, 0.15) is 5.75 Å². The minimum absolute atomic E-state index is 0. The van der Waals surface area contributed by atoms with E-state index < -0.39 is 0 Å². The largest absolute Gasteiger partial charge is 0.496 e. The van der Waals surface area contributed by atoms with Crippen molar-refractivity contribution in [2.45, 2.75) is 26.2 Å². The van der Waals surface area contributed by atoms with Gasteiger partial charge in [-0.3, -0.25) is 9.59 Å². The number of nitrogens with zero attached hydrogens (tertiary/aromatic N) is 1. The highest BCUT2D eigenvalue weighted by molar-refractivity contribution is 6.31. The molecule has 152 valence electrons. The maximum Gasteiger partial charge on any atom is 0.257 e. The molecule has 1 aromatic rings. The monoisotopic (exact) mass is 417 g/mol. The summed E-state index contributed by atoms with van der Waals surface area (Å²) < 4.78 is 5.27. The maximum absolute atomic E-state index is 12.8. The Bertz CT molecular complexity index is 620. The Morgan fingerprint density at radius 3 is 2.56 bits per heavy atom. The molecule has 1 aromatic carbocycles. The van der Waals surface area contributed by atoms with E-state index in [2.05, 4.69) is 17.6 Å². The number of methoxy groups -OCH3 is 1. The Morgan fingerprint density at radius 1 is 1.22 bits per heavy atom. The predicted molar refractivity (Wildman–Crippen MR) is 110 cm³/mol. The van der Waals surface area contributed by atoms with E-state index in [9.17, 15) is 9.59 Å². The van der Waals surface area contributed by atoms with E-state index in [1.807, 2.05) is 0 Å². The van der Waals surface area contributed by atoms with Crippen LogP contribution in [-0.4, -0.2) is 56.5 Å². The van der Waals surface area contributed by atoms with Crippen LogP contribution in [0.3, 0.4) is 0 Å². The van der Waals surface area contributed by atoms with Gasteiger partial charge in [-0.1, -0.05) is 18.5 Å². The third kappa shape index (κ3) is 6.87. The molecule has 6 nitrogen and oxygen atoms in total. The summed E-state index contributed by atoms with van der Waals surface area (Å²) in [5.41, 5.74) is 0.463. The molecule has 1 fully saturated rings. The van der Waals surface area contributed by atoms with Crippen LogP contribution < -0.4 is 15.4 Å². The molecular weight excluding hydrogens is 389 g/mol. The van der Waals surface area contributed by atoms with Crippen LogP contribution in [0.4, 0.5) is 0 Å². The van der Waals surface area contributed by atoms with Crippen LogP contribution in [0.2, 0.25) is 5.02 Å². The third-order valence-corrected chi connectivity index (χ3v) is 4.81. The van der Waals surface area contributed by atoms with Crippen LogP contribution in [0.1, 0.15) is 36.5 Å². The standard InChI is InChI=1S/C19H28ClN3O3.ClH/c1-3-8-21-9-10-22-18(24)14-6-11-23(12-7-14)19(25)16-13-15(20)4-5-17(16)26-2;/h4-5,13-14,21H,3,6-12H2,1-2H3,(H,22,24);1H. The number of carbonyl (C=O) groups is 2. The van der Waals surface area contributed by atoms with Crippen molar-refractivity contribution in [2.24, 2.45) is 5.92 Å². The maximum atomic E-state index is 12.8. The molecule has 2 amide bonds. The van der Waals surface area contributed by atoms with Crippen molar-refractivity contribution in [3.05, 3.63) is 28.8 Å². The number of piperidine rings is 1. The van der Waals surface area contributed by atoms with E-state index in [4.69, 9.17) is 16.3 Å². The molecule has 2 rings (SSSR count). The number of benzene rings is 1. The van der Waals surface area contributed by atoms with Crippen molar-refractivity contribution in [1.82, 2.24) is 15.5 Å². The lowest BCUT2D eigenvalue weighted by Crippen LogP contribution is -2.44. The first-order valence-corrected chi connectivity index (χ1v) is 9.55. The fourth-order valence-corrected chi connectivity index (χ4v) is 3.25. The molecule has 1 aliphatic rings. The number of amides is 2. The zero-order valence-corrected chi connectivity index (χ0v) is 17.5. The van der Waals surface area contributed by atoms with Crippen LogP contribution in [0.25, 0.3) is 0 Å². The van der Waals surface area contributed by atoms with Crippen molar-refractivity contribution in [3.63, 3.8) is 0 Å². The minimum atomic E-state index is -0.105. The van der Waals surface area contributed by atoms with Crippen LogP contribution >= 0.6 is 24.0 Å². The average molecular weight is 418 g/mol. The van der Waals surface area contributed by atoms with Gasteiger partial charge in [0.2, 0.25) is 5.91 Å². The van der Waals surface area contributed by atoms with Crippen molar-refractivity contribution in [3.8, 4) is 5.75 Å². The Hall–Kier alpha value is -1.50. The Labute approximate surface area is 172 Å². The normalized spacial score (nSPS) is 14.4. The van der Waals surface area contributed by atoms with Crippen LogP contribution in [0.15, 0.2) is 18.2 Å². The van der Waals surface area contributed by atoms with E-state index in [-0.39, 0.29) is 30.1 Å². The highest BCUT2D eigenvalue weighted by Crippen LogP contribution is 2.26. The second kappa shape index (κ2) is 12.1. The topological polar surface area (TPSA) is 70.7 Å². The lowest BCUT2D eigenvalue weighted by molar-refractivity contribution is -0.126. The van der Waals surface area contributed by atoms with E-state index in [1.165, 1.54) is 7.11 Å². The average Bonchev–Trinajstić information content (AvgIpc) is 2.67. The highest BCUT2D eigenvalue weighted by atomic mass is 35.5. The SMILES string of the molecule is CCCNCCNC(=O)C1CCN(C(=O)c2cc(Cl)ccc2OC)CC1.Cl. The zero-order chi connectivity index (χ0) is 18.9. The van der Waals surface area contributed by atoms with Gasteiger partial charge in [0, 0.05) is 37.1 Å². The summed E-state index contributed by atoms with van der Waals surface area (Å²) in [5, 5.41) is 6.73. The summed E-state index contributed by atoms with van der Waals surface area (Å²) in [6, 6.07) is 5.02. The van der Waals surface area contributed by atoms with Crippen LogP contribution in [0, 0.1) is 5.92 Å². The molecular formula is C19H29Cl2N3O3. The summed E-state index contributed by atoms with van der Waals surface area (Å²) in [6.45, 7) is 5.60. The number of ether oxygens (including phenoxy) is 1. The molecule has 0 unspecified atom stereocenters. The molecule has 1 saturated heterocycles. The summed E-state index contributed by atoms with van der Waals surface area (Å²) in [7, 11) is 1.53. The fraction of sp³-hybridized carbons (Fsp3) is 0.579. The van der Waals surface area contributed by atoms with Crippen LogP contribution in [0.5, 0.6) is 5.75 Å². The van der Waals surface area contributed by atoms with Gasteiger partial charge in [0.15, 0.2) is 0 Å². The summed E-state index contributed by atoms with van der Waals surface area (Å²) in [5.74, 6) is 0.452. The quantitative estimate of drug-likeness (QED) is 0.637. The second-order valence-electron chi connectivity index (χ2n) is 6.45. The molecule has 0 bridgehead atoms. The van der Waals surface area contributed by atoms with Gasteiger partial charge in [-0.05, 0) is 44.0 Å². The lowest BCUT2D eigenvalue weighted by atomic mass is 9.95. The van der Waals surface area contributed by atoms with E-state index in [0.29, 0.717) is 48.8 Å². The van der Waals surface area contributed by atoms with Crippen molar-refractivity contribution in [1.29, 1.82) is 0 Å². The predicted octanol–water partition coefficient (Wildman–Crippen LogP) is 2.74. The van der Waals surface area contributed by atoms with Gasteiger partial charge in [0.25, 0.3) is 5.91 Å². The molecule has 0 saturated carbocycles. The van der Waals surface area contributed by atoms with Gasteiger partial charge in [-0.2, -0.15) is 0 Å². The lowest BCUT2D eigenvalue weighted by Gasteiger charge is -2.31. The van der Waals surface area contributed by atoms with Crippen molar-refractivity contribution in [2.75, 3.05) is 39.8 Å². The summed E-state index contributed by atoms with van der Waals surface area (Å²) in [6.07, 6.45) is 2.42. The van der Waals surface area contributed by atoms with Gasteiger partial charge < -0.3 is 20.3 Å². The molecule has 1 heterocycles. The van der Waals surface area contributed by atoms with Gasteiger partial charge in [-0.15, -0.1) is 12.4 Å². The molecule has 2 N–H and O–H groups in total. The number of carbonyl (C=O) groups excluding carboxylic acids is 2. The molecule has 0 aliphatic carbocycles. The Morgan fingerprint density at radius 2 is 1.93 bits per heavy atom. The molecule has 8 heteroatoms. The van der Waals surface area contributed by atoms with E-state index in [0.717, 1.165) is 19.5 Å². The minimum Gasteiger partial charge on any atom is -0.496 e. The smallest absolute Gasteiger partial charge is 0.257 e. The van der Waals surface area contributed by atoms with Crippen molar-refractivity contribution < 1.29 is 14.3 Å². The first kappa shape index (κ1) is 23.5. The number of nitrogens with one attached hydrogen (secondary N) is 2. The second-order valence-corrected chi connectivity index (χ2v) is 6.89. The zero-order valence-electron chi connectivity index (χ0n) is 15.9. The molecule has 0 aromatic heterocycles.